The van der Waals surface area contributed by atoms with Crippen LogP contribution in [0.1, 0.15) is 19.4 Å². The maximum atomic E-state index is 11.4. The minimum Gasteiger partial charge on any atom is -0.482 e. The van der Waals surface area contributed by atoms with Crippen molar-refractivity contribution < 1.29 is 18.7 Å². The Morgan fingerprint density at radius 3 is 2.75 bits per heavy atom. The fourth-order valence-electron chi connectivity index (χ4n) is 1.83. The van der Waals surface area contributed by atoms with Gasteiger partial charge in [-0.2, -0.15) is 0 Å². The average molecular weight is 276 g/mol. The standard InChI is InChI=1S/C15H16O5/c1-9(2)19-15(17)8-18-11-4-5-12-10(3)6-14(16)20-13(12)7-11/h4-7,9H,8H2,1-3H3. The Balaban J connectivity index is 2.16. The fourth-order valence-corrected chi connectivity index (χ4v) is 1.83. The summed E-state index contributed by atoms with van der Waals surface area (Å²) in [6, 6.07) is 6.53. The van der Waals surface area contributed by atoms with E-state index in [4.69, 9.17) is 13.9 Å². The zero-order chi connectivity index (χ0) is 14.7. The molecule has 5 heteroatoms. The third-order valence-electron chi connectivity index (χ3n) is 2.65. The molecule has 0 radical (unpaired) electrons. The van der Waals surface area contributed by atoms with Gasteiger partial charge in [-0.15, -0.1) is 0 Å². The van der Waals surface area contributed by atoms with Gasteiger partial charge < -0.3 is 13.9 Å². The van der Waals surface area contributed by atoms with Crippen LogP contribution in [0.15, 0.2) is 33.5 Å². The molecule has 0 saturated carbocycles. The van der Waals surface area contributed by atoms with E-state index in [1.54, 1.807) is 32.0 Å². The molecule has 2 aromatic rings. The summed E-state index contributed by atoms with van der Waals surface area (Å²) in [6.07, 6.45) is -0.177. The number of benzene rings is 1. The highest BCUT2D eigenvalue weighted by atomic mass is 16.6. The van der Waals surface area contributed by atoms with E-state index in [0.717, 1.165) is 10.9 Å². The molecule has 0 atom stereocenters. The van der Waals surface area contributed by atoms with Gasteiger partial charge in [0.2, 0.25) is 0 Å². The molecule has 0 N–H and O–H groups in total. The van der Waals surface area contributed by atoms with Crippen LogP contribution >= 0.6 is 0 Å². The Morgan fingerprint density at radius 1 is 1.30 bits per heavy atom. The predicted molar refractivity (Wildman–Crippen MR) is 73.9 cm³/mol. The molecule has 2 rings (SSSR count). The van der Waals surface area contributed by atoms with Crippen LogP contribution in [0.3, 0.4) is 0 Å². The van der Waals surface area contributed by atoms with Crippen molar-refractivity contribution in [3.8, 4) is 5.75 Å². The summed E-state index contributed by atoms with van der Waals surface area (Å²) < 4.78 is 15.4. The monoisotopic (exact) mass is 276 g/mol. The second kappa shape index (κ2) is 5.77. The van der Waals surface area contributed by atoms with Crippen LogP contribution in [0.25, 0.3) is 11.0 Å². The quantitative estimate of drug-likeness (QED) is 0.634. The molecule has 0 bridgehead atoms. The van der Waals surface area contributed by atoms with Gasteiger partial charge >= 0.3 is 11.6 Å². The first-order valence-electron chi connectivity index (χ1n) is 6.32. The highest BCUT2D eigenvalue weighted by Crippen LogP contribution is 2.22. The molecule has 0 amide bonds. The van der Waals surface area contributed by atoms with Crippen LogP contribution in [-0.2, 0) is 9.53 Å². The van der Waals surface area contributed by atoms with E-state index >= 15 is 0 Å². The maximum Gasteiger partial charge on any atom is 0.344 e. The molecular formula is C15H16O5. The smallest absolute Gasteiger partial charge is 0.344 e. The van der Waals surface area contributed by atoms with Crippen molar-refractivity contribution in [2.75, 3.05) is 6.61 Å². The first-order chi connectivity index (χ1) is 9.45. The molecule has 106 valence electrons. The summed E-state index contributed by atoms with van der Waals surface area (Å²) in [6.45, 7) is 5.19. The Labute approximate surface area is 116 Å². The van der Waals surface area contributed by atoms with Crippen LogP contribution in [-0.4, -0.2) is 18.7 Å². The van der Waals surface area contributed by atoms with Gasteiger partial charge in [-0.3, -0.25) is 0 Å². The van der Waals surface area contributed by atoms with Crippen molar-refractivity contribution in [3.05, 3.63) is 40.2 Å². The summed E-state index contributed by atoms with van der Waals surface area (Å²) in [7, 11) is 0. The van der Waals surface area contributed by atoms with Gasteiger partial charge in [-0.1, -0.05) is 0 Å². The summed E-state index contributed by atoms with van der Waals surface area (Å²) in [5, 5.41) is 0.835. The Bertz CT molecular complexity index is 684. The fraction of sp³-hybridized carbons (Fsp3) is 0.333. The molecule has 0 aliphatic rings. The van der Waals surface area contributed by atoms with Crippen LogP contribution in [0, 0.1) is 6.92 Å². The highest BCUT2D eigenvalue weighted by Gasteiger charge is 2.08. The van der Waals surface area contributed by atoms with E-state index in [2.05, 4.69) is 0 Å². The van der Waals surface area contributed by atoms with Gasteiger partial charge in [0.25, 0.3) is 0 Å². The number of aryl methyl sites for hydroxylation is 1. The van der Waals surface area contributed by atoms with Crippen molar-refractivity contribution >= 4 is 16.9 Å². The van der Waals surface area contributed by atoms with Crippen molar-refractivity contribution in [1.82, 2.24) is 0 Å². The number of rotatable bonds is 4. The average Bonchev–Trinajstić information content (AvgIpc) is 2.34. The minimum absolute atomic E-state index is 0.177. The summed E-state index contributed by atoms with van der Waals surface area (Å²) in [5.41, 5.74) is 0.859. The van der Waals surface area contributed by atoms with E-state index in [-0.39, 0.29) is 12.7 Å². The topological polar surface area (TPSA) is 65.7 Å². The number of carbonyl (C=O) groups excluding carboxylic acids is 1. The molecule has 1 aromatic heterocycles. The lowest BCUT2D eigenvalue weighted by atomic mass is 10.1. The van der Waals surface area contributed by atoms with Gasteiger partial charge in [-0.05, 0) is 38.5 Å². The van der Waals surface area contributed by atoms with E-state index in [0.29, 0.717) is 11.3 Å². The Hall–Kier alpha value is -2.30. The van der Waals surface area contributed by atoms with E-state index in [1.165, 1.54) is 6.07 Å². The van der Waals surface area contributed by atoms with Gasteiger partial charge in [0.05, 0.1) is 6.10 Å². The lowest BCUT2D eigenvalue weighted by Gasteiger charge is -2.09. The van der Waals surface area contributed by atoms with Crippen molar-refractivity contribution in [2.45, 2.75) is 26.9 Å². The Morgan fingerprint density at radius 2 is 2.05 bits per heavy atom. The second-order valence-corrected chi connectivity index (χ2v) is 4.73. The molecule has 0 saturated heterocycles. The number of hydrogen-bond donors (Lipinski definition) is 0. The van der Waals surface area contributed by atoms with Crippen LogP contribution in [0.2, 0.25) is 0 Å². The van der Waals surface area contributed by atoms with Gasteiger partial charge in [0.15, 0.2) is 6.61 Å². The lowest BCUT2D eigenvalue weighted by molar-refractivity contribution is -0.149. The third kappa shape index (κ3) is 3.38. The summed E-state index contributed by atoms with van der Waals surface area (Å²) in [4.78, 5) is 22.7. The zero-order valence-electron chi connectivity index (χ0n) is 11.6. The molecule has 5 nitrogen and oxygen atoms in total. The van der Waals surface area contributed by atoms with E-state index < -0.39 is 11.6 Å². The molecule has 20 heavy (non-hydrogen) atoms. The molecule has 1 aromatic carbocycles. The Kier molecular flexibility index (Phi) is 4.08. The van der Waals surface area contributed by atoms with Crippen LogP contribution < -0.4 is 10.4 Å². The first kappa shape index (κ1) is 14.1. The largest absolute Gasteiger partial charge is 0.482 e. The van der Waals surface area contributed by atoms with Crippen molar-refractivity contribution in [1.29, 1.82) is 0 Å². The zero-order valence-corrected chi connectivity index (χ0v) is 11.6. The highest BCUT2D eigenvalue weighted by molar-refractivity contribution is 5.81. The number of fused-ring (bicyclic) bond motifs is 1. The summed E-state index contributed by atoms with van der Waals surface area (Å²) >= 11 is 0. The molecule has 0 fully saturated rings. The number of ether oxygens (including phenoxy) is 2. The maximum absolute atomic E-state index is 11.4. The normalized spacial score (nSPS) is 10.8. The number of carbonyl (C=O) groups is 1. The third-order valence-corrected chi connectivity index (χ3v) is 2.65. The lowest BCUT2D eigenvalue weighted by Crippen LogP contribution is -2.18. The van der Waals surface area contributed by atoms with Gasteiger partial charge in [0, 0.05) is 17.5 Å². The summed E-state index contributed by atoms with van der Waals surface area (Å²) in [5.74, 6) is 0.0118. The molecule has 0 aliphatic carbocycles. The molecular weight excluding hydrogens is 260 g/mol. The molecule has 0 spiro atoms. The van der Waals surface area contributed by atoms with Crippen molar-refractivity contribution in [3.63, 3.8) is 0 Å². The van der Waals surface area contributed by atoms with Gasteiger partial charge in [-0.25, -0.2) is 9.59 Å². The van der Waals surface area contributed by atoms with E-state index in [1.807, 2.05) is 6.92 Å². The second-order valence-electron chi connectivity index (χ2n) is 4.73. The van der Waals surface area contributed by atoms with Crippen molar-refractivity contribution in [2.24, 2.45) is 0 Å². The molecule has 1 heterocycles. The van der Waals surface area contributed by atoms with Gasteiger partial charge in [0.1, 0.15) is 11.3 Å². The van der Waals surface area contributed by atoms with E-state index in [9.17, 15) is 9.59 Å². The first-order valence-corrected chi connectivity index (χ1v) is 6.32. The van der Waals surface area contributed by atoms with Crippen LogP contribution in [0.5, 0.6) is 5.75 Å². The molecule has 0 aliphatic heterocycles. The number of hydrogen-bond acceptors (Lipinski definition) is 5. The molecule has 0 unspecified atom stereocenters. The number of esters is 1. The predicted octanol–water partition coefficient (Wildman–Crippen LogP) is 2.43. The minimum atomic E-state index is -0.439. The SMILES string of the molecule is Cc1cc(=O)oc2cc(OCC(=O)OC(C)C)ccc12. The van der Waals surface area contributed by atoms with Crippen LogP contribution in [0.4, 0.5) is 0 Å².